The van der Waals surface area contributed by atoms with E-state index in [4.69, 9.17) is 0 Å². The zero-order chi connectivity index (χ0) is 15.8. The third-order valence-electron chi connectivity index (χ3n) is 2.96. The van der Waals surface area contributed by atoms with Crippen LogP contribution >= 0.6 is 15.9 Å². The molecule has 0 atom stereocenters. The number of rotatable bonds is 4. The van der Waals surface area contributed by atoms with E-state index in [1.54, 1.807) is 13.8 Å². The van der Waals surface area contributed by atoms with Gasteiger partial charge in [0.25, 0.3) is 10.0 Å². The quantitative estimate of drug-likeness (QED) is 0.760. The molecule has 0 spiro atoms. The van der Waals surface area contributed by atoms with Crippen molar-refractivity contribution in [3.8, 4) is 0 Å². The van der Waals surface area contributed by atoms with Gasteiger partial charge in [-0.05, 0) is 47.5 Å². The van der Waals surface area contributed by atoms with Crippen molar-refractivity contribution in [2.75, 3.05) is 4.72 Å². The summed E-state index contributed by atoms with van der Waals surface area (Å²) in [7, 11) is -3.98. The molecule has 21 heavy (non-hydrogen) atoms. The summed E-state index contributed by atoms with van der Waals surface area (Å²) in [4.78, 5) is 0. The molecule has 0 fully saturated rings. The molecule has 1 heterocycles. The molecule has 0 bridgehead atoms. The normalized spacial score (nSPS) is 11.7. The fourth-order valence-corrected chi connectivity index (χ4v) is 3.45. The first-order chi connectivity index (χ1) is 9.76. The van der Waals surface area contributed by atoms with E-state index in [0.29, 0.717) is 11.3 Å². The predicted octanol–water partition coefficient (Wildman–Crippen LogP) is 2.22. The van der Waals surface area contributed by atoms with Gasteiger partial charge >= 0.3 is 0 Å². The molecule has 0 aliphatic rings. The Balaban J connectivity index is 2.45. The summed E-state index contributed by atoms with van der Waals surface area (Å²) in [6.45, 7) is 2.73. The Kier molecular flexibility index (Phi) is 4.35. The average Bonchev–Trinajstić information content (AvgIpc) is 2.77. The SMILES string of the molecule is Cc1cc(F)c(Br)cc1NS(=O)(=O)c1n[nH]c(C)c1CO. The standard InChI is InChI=1S/C12H13BrFN3O3S/c1-6-3-10(14)9(13)4-11(6)17-21(19,20)12-8(5-18)7(2)15-16-12/h3-4,17-18H,5H2,1-2H3,(H,15,16). The first-order valence-corrected chi connectivity index (χ1v) is 8.17. The second-order valence-electron chi connectivity index (χ2n) is 4.48. The minimum atomic E-state index is -3.98. The highest BCUT2D eigenvalue weighted by atomic mass is 79.9. The minimum Gasteiger partial charge on any atom is -0.392 e. The fraction of sp³-hybridized carbons (Fsp3) is 0.250. The maximum atomic E-state index is 13.4. The fourth-order valence-electron chi connectivity index (χ4n) is 1.79. The van der Waals surface area contributed by atoms with Gasteiger partial charge in [0.1, 0.15) is 5.82 Å². The number of aliphatic hydroxyl groups excluding tert-OH is 1. The monoisotopic (exact) mass is 377 g/mol. The predicted molar refractivity (Wildman–Crippen MR) is 78.9 cm³/mol. The molecule has 0 saturated heterocycles. The van der Waals surface area contributed by atoms with Crippen molar-refractivity contribution < 1.29 is 17.9 Å². The van der Waals surface area contributed by atoms with Crippen molar-refractivity contribution in [2.24, 2.45) is 0 Å². The number of aryl methyl sites for hydroxylation is 2. The first-order valence-electron chi connectivity index (χ1n) is 5.89. The molecule has 9 heteroatoms. The minimum absolute atomic E-state index is 0.145. The second-order valence-corrected chi connectivity index (χ2v) is 6.93. The molecule has 2 aromatic rings. The third kappa shape index (κ3) is 3.09. The molecule has 6 nitrogen and oxygen atoms in total. The highest BCUT2D eigenvalue weighted by Gasteiger charge is 2.24. The number of nitrogens with one attached hydrogen (secondary N) is 2. The summed E-state index contributed by atoms with van der Waals surface area (Å²) in [6, 6.07) is 2.55. The average molecular weight is 378 g/mol. The lowest BCUT2D eigenvalue weighted by molar-refractivity contribution is 0.277. The van der Waals surface area contributed by atoms with E-state index < -0.39 is 22.4 Å². The Morgan fingerprint density at radius 1 is 1.43 bits per heavy atom. The van der Waals surface area contributed by atoms with E-state index in [0.717, 1.165) is 0 Å². The van der Waals surface area contributed by atoms with Gasteiger partial charge in [0.05, 0.1) is 16.8 Å². The molecule has 114 valence electrons. The molecular formula is C12H13BrFN3O3S. The van der Waals surface area contributed by atoms with Crippen molar-refractivity contribution in [3.63, 3.8) is 0 Å². The van der Waals surface area contributed by atoms with Crippen LogP contribution in [0, 0.1) is 19.7 Å². The van der Waals surface area contributed by atoms with Crippen LogP contribution in [0.15, 0.2) is 21.6 Å². The number of aromatic amines is 1. The molecule has 0 unspecified atom stereocenters. The molecule has 2 rings (SSSR count). The number of benzene rings is 1. The number of hydrogen-bond donors (Lipinski definition) is 3. The van der Waals surface area contributed by atoms with Gasteiger partial charge in [0.15, 0.2) is 0 Å². The van der Waals surface area contributed by atoms with Gasteiger partial charge in [-0.3, -0.25) is 9.82 Å². The van der Waals surface area contributed by atoms with E-state index in [1.165, 1.54) is 12.1 Å². The van der Waals surface area contributed by atoms with Crippen LogP contribution in [0.25, 0.3) is 0 Å². The van der Waals surface area contributed by atoms with E-state index in [9.17, 15) is 17.9 Å². The van der Waals surface area contributed by atoms with Crippen molar-refractivity contribution in [3.05, 3.63) is 39.2 Å². The molecule has 1 aromatic carbocycles. The Labute approximate surface area is 129 Å². The molecule has 1 aromatic heterocycles. The topological polar surface area (TPSA) is 95.1 Å². The largest absolute Gasteiger partial charge is 0.392 e. The molecule has 3 N–H and O–H groups in total. The number of sulfonamides is 1. The van der Waals surface area contributed by atoms with Crippen molar-refractivity contribution in [1.82, 2.24) is 10.2 Å². The van der Waals surface area contributed by atoms with E-state index in [-0.39, 0.29) is 20.7 Å². The van der Waals surface area contributed by atoms with Crippen LogP contribution in [-0.2, 0) is 16.6 Å². The summed E-state index contributed by atoms with van der Waals surface area (Å²) in [5.74, 6) is -0.484. The molecule has 0 saturated carbocycles. The Bertz CT molecular complexity index is 789. The van der Waals surface area contributed by atoms with Gasteiger partial charge in [0, 0.05) is 11.3 Å². The number of aromatic nitrogens is 2. The van der Waals surface area contributed by atoms with E-state index >= 15 is 0 Å². The van der Waals surface area contributed by atoms with E-state index in [1.807, 2.05) is 0 Å². The van der Waals surface area contributed by atoms with Crippen LogP contribution in [0.2, 0.25) is 0 Å². The van der Waals surface area contributed by atoms with Crippen LogP contribution in [0.5, 0.6) is 0 Å². The van der Waals surface area contributed by atoms with Crippen LogP contribution in [0.4, 0.5) is 10.1 Å². The van der Waals surface area contributed by atoms with Crippen molar-refractivity contribution in [1.29, 1.82) is 0 Å². The molecule has 0 amide bonds. The lowest BCUT2D eigenvalue weighted by atomic mass is 10.2. The van der Waals surface area contributed by atoms with Crippen molar-refractivity contribution in [2.45, 2.75) is 25.5 Å². The number of hydrogen-bond acceptors (Lipinski definition) is 4. The second kappa shape index (κ2) is 5.74. The first kappa shape index (κ1) is 15.9. The maximum absolute atomic E-state index is 13.4. The third-order valence-corrected chi connectivity index (χ3v) is 4.90. The highest BCUT2D eigenvalue weighted by molar-refractivity contribution is 9.10. The molecular weight excluding hydrogens is 365 g/mol. The lowest BCUT2D eigenvalue weighted by Crippen LogP contribution is -2.16. The van der Waals surface area contributed by atoms with Crippen molar-refractivity contribution >= 4 is 31.6 Å². The molecule has 0 aliphatic heterocycles. The zero-order valence-corrected chi connectivity index (χ0v) is 13.6. The Morgan fingerprint density at radius 2 is 2.10 bits per heavy atom. The van der Waals surface area contributed by atoms with Gasteiger partial charge in [0.2, 0.25) is 5.03 Å². The maximum Gasteiger partial charge on any atom is 0.281 e. The number of aliphatic hydroxyl groups is 1. The molecule has 0 aliphatic carbocycles. The Morgan fingerprint density at radius 3 is 2.71 bits per heavy atom. The summed E-state index contributed by atoms with van der Waals surface area (Å²) in [5, 5.41) is 15.2. The zero-order valence-electron chi connectivity index (χ0n) is 11.2. The van der Waals surface area contributed by atoms with Crippen LogP contribution in [0.3, 0.4) is 0 Å². The summed E-state index contributed by atoms with van der Waals surface area (Å²) >= 11 is 3.00. The van der Waals surface area contributed by atoms with Gasteiger partial charge < -0.3 is 5.11 Å². The smallest absolute Gasteiger partial charge is 0.281 e. The van der Waals surface area contributed by atoms with E-state index in [2.05, 4.69) is 30.8 Å². The lowest BCUT2D eigenvalue weighted by Gasteiger charge is -2.11. The van der Waals surface area contributed by atoms with Crippen LogP contribution in [-0.4, -0.2) is 23.7 Å². The molecule has 0 radical (unpaired) electrons. The van der Waals surface area contributed by atoms with Crippen LogP contribution in [0.1, 0.15) is 16.8 Å². The number of halogens is 2. The number of anilines is 1. The van der Waals surface area contributed by atoms with Gasteiger partial charge in [-0.25, -0.2) is 4.39 Å². The van der Waals surface area contributed by atoms with Gasteiger partial charge in [-0.15, -0.1) is 0 Å². The number of nitrogens with zero attached hydrogens (tertiary/aromatic N) is 1. The van der Waals surface area contributed by atoms with Gasteiger partial charge in [-0.1, -0.05) is 0 Å². The van der Waals surface area contributed by atoms with Gasteiger partial charge in [-0.2, -0.15) is 13.5 Å². The summed E-state index contributed by atoms with van der Waals surface area (Å²) in [6.07, 6.45) is 0. The Hall–Kier alpha value is -1.45. The summed E-state index contributed by atoms with van der Waals surface area (Å²) in [5.41, 5.74) is 1.32. The van der Waals surface area contributed by atoms with Crippen LogP contribution < -0.4 is 4.72 Å². The highest BCUT2D eigenvalue weighted by Crippen LogP contribution is 2.27. The summed E-state index contributed by atoms with van der Waals surface area (Å²) < 4.78 is 40.5. The number of H-pyrrole nitrogens is 1.